The van der Waals surface area contributed by atoms with Gasteiger partial charge in [0, 0.05) is 11.9 Å². The van der Waals surface area contributed by atoms with Crippen molar-refractivity contribution in [2.24, 2.45) is 0 Å². The maximum Gasteiger partial charge on any atom is 0.257 e. The van der Waals surface area contributed by atoms with Crippen molar-refractivity contribution in [3.8, 4) is 0 Å². The predicted octanol–water partition coefficient (Wildman–Crippen LogP) is 4.72. The quantitative estimate of drug-likeness (QED) is 0.619. The van der Waals surface area contributed by atoms with Gasteiger partial charge in [-0.3, -0.25) is 4.79 Å². The third kappa shape index (κ3) is 4.87. The number of hydrogen-bond acceptors (Lipinski definition) is 2. The monoisotopic (exact) mass is 302 g/mol. The van der Waals surface area contributed by atoms with Gasteiger partial charge in [0.15, 0.2) is 0 Å². The Hall–Kier alpha value is -1.87. The zero-order chi connectivity index (χ0) is 15.1. The highest BCUT2D eigenvalue weighted by Crippen LogP contribution is 2.14. The van der Waals surface area contributed by atoms with E-state index < -0.39 is 0 Å². The van der Waals surface area contributed by atoms with E-state index in [-0.39, 0.29) is 5.91 Å². The number of halogens is 1. The van der Waals surface area contributed by atoms with E-state index in [4.69, 9.17) is 11.6 Å². The summed E-state index contributed by atoms with van der Waals surface area (Å²) in [5, 5.41) is 3.23. The first-order chi connectivity index (χ1) is 10.2. The van der Waals surface area contributed by atoms with Crippen LogP contribution in [0.4, 0.5) is 5.69 Å². The van der Waals surface area contributed by atoms with Gasteiger partial charge in [-0.1, -0.05) is 43.5 Å². The number of unbranched alkanes of at least 4 members (excludes halogenated alkanes) is 2. The zero-order valence-corrected chi connectivity index (χ0v) is 12.9. The van der Waals surface area contributed by atoms with E-state index in [1.54, 1.807) is 12.1 Å². The van der Waals surface area contributed by atoms with Crippen molar-refractivity contribution in [3.05, 3.63) is 58.9 Å². The minimum absolute atomic E-state index is 0.183. The van der Waals surface area contributed by atoms with Gasteiger partial charge in [-0.05, 0) is 42.7 Å². The average Bonchev–Trinajstić information content (AvgIpc) is 2.50. The molecular weight excluding hydrogens is 284 g/mol. The number of aromatic nitrogens is 1. The molecule has 0 spiro atoms. The van der Waals surface area contributed by atoms with E-state index in [1.165, 1.54) is 31.0 Å². The number of nitrogens with one attached hydrogen (secondary N) is 1. The molecule has 21 heavy (non-hydrogen) atoms. The van der Waals surface area contributed by atoms with Crippen molar-refractivity contribution in [2.45, 2.75) is 32.6 Å². The van der Waals surface area contributed by atoms with E-state index in [0.717, 1.165) is 12.1 Å². The molecule has 0 bridgehead atoms. The minimum Gasteiger partial charge on any atom is -0.322 e. The first-order valence-electron chi connectivity index (χ1n) is 7.21. The number of hydrogen-bond donors (Lipinski definition) is 1. The maximum absolute atomic E-state index is 12.0. The van der Waals surface area contributed by atoms with E-state index in [2.05, 4.69) is 29.4 Å². The standard InChI is InChI=1S/C17H19ClN2O/c1-2-3-4-5-13-6-9-15(10-7-13)20-17(21)14-8-11-16(18)19-12-14/h6-12H,2-5H2,1H3,(H,20,21). The van der Waals surface area contributed by atoms with Crippen LogP contribution in [0.15, 0.2) is 42.6 Å². The number of anilines is 1. The highest BCUT2D eigenvalue weighted by molar-refractivity contribution is 6.29. The molecule has 0 atom stereocenters. The van der Waals surface area contributed by atoms with Crippen molar-refractivity contribution >= 4 is 23.2 Å². The fraction of sp³-hybridized carbons (Fsp3) is 0.294. The number of benzene rings is 1. The Labute approximate surface area is 130 Å². The van der Waals surface area contributed by atoms with Crippen molar-refractivity contribution < 1.29 is 4.79 Å². The van der Waals surface area contributed by atoms with Gasteiger partial charge in [-0.2, -0.15) is 0 Å². The Morgan fingerprint density at radius 2 is 1.90 bits per heavy atom. The molecule has 1 amide bonds. The van der Waals surface area contributed by atoms with Crippen LogP contribution in [0.25, 0.3) is 0 Å². The second-order valence-corrected chi connectivity index (χ2v) is 5.37. The molecule has 2 aromatic rings. The van der Waals surface area contributed by atoms with Gasteiger partial charge in [0.2, 0.25) is 0 Å². The Bertz CT molecular complexity index is 579. The van der Waals surface area contributed by atoms with Crippen molar-refractivity contribution in [3.63, 3.8) is 0 Å². The van der Waals surface area contributed by atoms with Gasteiger partial charge in [0.25, 0.3) is 5.91 Å². The molecule has 3 nitrogen and oxygen atoms in total. The Kier molecular flexibility index (Phi) is 5.76. The molecule has 1 heterocycles. The van der Waals surface area contributed by atoms with Gasteiger partial charge < -0.3 is 5.32 Å². The summed E-state index contributed by atoms with van der Waals surface area (Å²) in [5.74, 6) is -0.183. The fourth-order valence-corrected chi connectivity index (χ4v) is 2.16. The number of rotatable bonds is 6. The molecule has 1 aromatic carbocycles. The highest BCUT2D eigenvalue weighted by atomic mass is 35.5. The number of amides is 1. The van der Waals surface area contributed by atoms with Crippen molar-refractivity contribution in [1.29, 1.82) is 0 Å². The Morgan fingerprint density at radius 1 is 1.14 bits per heavy atom. The number of carbonyl (C=O) groups excluding carboxylic acids is 1. The normalized spacial score (nSPS) is 10.4. The van der Waals surface area contributed by atoms with Gasteiger partial charge in [0.05, 0.1) is 5.56 Å². The third-order valence-corrected chi connectivity index (χ3v) is 3.49. The molecule has 110 valence electrons. The smallest absolute Gasteiger partial charge is 0.257 e. The van der Waals surface area contributed by atoms with E-state index in [1.807, 2.05) is 12.1 Å². The lowest BCUT2D eigenvalue weighted by molar-refractivity contribution is 0.102. The molecule has 0 saturated heterocycles. The van der Waals surface area contributed by atoms with Gasteiger partial charge >= 0.3 is 0 Å². The summed E-state index contributed by atoms with van der Waals surface area (Å²) in [5.41, 5.74) is 2.58. The van der Waals surface area contributed by atoms with Crippen LogP contribution in [0.3, 0.4) is 0 Å². The molecule has 0 aliphatic carbocycles. The molecule has 0 radical (unpaired) electrons. The van der Waals surface area contributed by atoms with E-state index in [9.17, 15) is 4.79 Å². The molecule has 1 aromatic heterocycles. The highest BCUT2D eigenvalue weighted by Gasteiger charge is 2.06. The summed E-state index contributed by atoms with van der Waals surface area (Å²) >= 11 is 5.70. The number of nitrogens with zero attached hydrogens (tertiary/aromatic N) is 1. The third-order valence-electron chi connectivity index (χ3n) is 3.27. The van der Waals surface area contributed by atoms with Crippen LogP contribution in [0, 0.1) is 0 Å². The fourth-order valence-electron chi connectivity index (χ4n) is 2.05. The molecule has 4 heteroatoms. The second kappa shape index (κ2) is 7.79. The van der Waals surface area contributed by atoms with Crippen LogP contribution in [-0.2, 0) is 6.42 Å². The molecule has 0 saturated carbocycles. The molecule has 0 aliphatic heterocycles. The van der Waals surface area contributed by atoms with Crippen LogP contribution < -0.4 is 5.32 Å². The molecule has 1 N–H and O–H groups in total. The first-order valence-corrected chi connectivity index (χ1v) is 7.58. The summed E-state index contributed by atoms with van der Waals surface area (Å²) < 4.78 is 0. The Morgan fingerprint density at radius 3 is 2.52 bits per heavy atom. The van der Waals surface area contributed by atoms with Crippen LogP contribution in [0.5, 0.6) is 0 Å². The molecule has 0 unspecified atom stereocenters. The summed E-state index contributed by atoms with van der Waals surface area (Å²) in [6.07, 6.45) is 6.24. The lowest BCUT2D eigenvalue weighted by Gasteiger charge is -2.06. The summed E-state index contributed by atoms with van der Waals surface area (Å²) in [6.45, 7) is 2.20. The van der Waals surface area contributed by atoms with Gasteiger partial charge in [0.1, 0.15) is 5.15 Å². The predicted molar refractivity (Wildman–Crippen MR) is 86.9 cm³/mol. The maximum atomic E-state index is 12.0. The minimum atomic E-state index is -0.183. The summed E-state index contributed by atoms with van der Waals surface area (Å²) in [6, 6.07) is 11.2. The van der Waals surface area contributed by atoms with Crippen LogP contribution in [0.2, 0.25) is 5.15 Å². The number of aryl methyl sites for hydroxylation is 1. The van der Waals surface area contributed by atoms with Crippen molar-refractivity contribution in [2.75, 3.05) is 5.32 Å². The van der Waals surface area contributed by atoms with Gasteiger partial charge in [-0.25, -0.2) is 4.98 Å². The van der Waals surface area contributed by atoms with E-state index >= 15 is 0 Å². The summed E-state index contributed by atoms with van der Waals surface area (Å²) in [7, 11) is 0. The lowest BCUT2D eigenvalue weighted by atomic mass is 10.1. The SMILES string of the molecule is CCCCCc1ccc(NC(=O)c2ccc(Cl)nc2)cc1. The second-order valence-electron chi connectivity index (χ2n) is 4.98. The molecular formula is C17H19ClN2O. The lowest BCUT2D eigenvalue weighted by Crippen LogP contribution is -2.12. The van der Waals surface area contributed by atoms with Crippen LogP contribution in [-0.4, -0.2) is 10.9 Å². The summed E-state index contributed by atoms with van der Waals surface area (Å²) in [4.78, 5) is 15.9. The molecule has 0 fully saturated rings. The first kappa shape index (κ1) is 15.5. The molecule has 0 aliphatic rings. The van der Waals surface area contributed by atoms with E-state index in [0.29, 0.717) is 10.7 Å². The van der Waals surface area contributed by atoms with Crippen molar-refractivity contribution in [1.82, 2.24) is 4.98 Å². The van der Waals surface area contributed by atoms with Crippen LogP contribution >= 0.6 is 11.6 Å². The molecule has 2 rings (SSSR count). The largest absolute Gasteiger partial charge is 0.322 e. The number of carbonyl (C=O) groups is 1. The Balaban J connectivity index is 1.93. The average molecular weight is 303 g/mol. The number of pyridine rings is 1. The van der Waals surface area contributed by atoms with Crippen LogP contribution in [0.1, 0.15) is 42.1 Å². The zero-order valence-electron chi connectivity index (χ0n) is 12.1. The van der Waals surface area contributed by atoms with Gasteiger partial charge in [-0.15, -0.1) is 0 Å². The topological polar surface area (TPSA) is 42.0 Å².